The van der Waals surface area contributed by atoms with Crippen molar-refractivity contribution >= 4 is 50.3 Å². The van der Waals surface area contributed by atoms with Crippen LogP contribution in [0.25, 0.3) is 0 Å². The Morgan fingerprint density at radius 2 is 2.30 bits per heavy atom. The molecule has 2 aromatic rings. The molecule has 0 bridgehead atoms. The average Bonchev–Trinajstić information content (AvgIpc) is 3.03. The highest BCUT2D eigenvalue weighted by Gasteiger charge is 2.17. The van der Waals surface area contributed by atoms with E-state index in [1.54, 1.807) is 11.3 Å². The summed E-state index contributed by atoms with van der Waals surface area (Å²) >= 11 is 10.3. The molecule has 0 unspecified atom stereocenters. The van der Waals surface area contributed by atoms with Gasteiger partial charge in [-0.05, 0) is 52.9 Å². The van der Waals surface area contributed by atoms with Gasteiger partial charge < -0.3 is 11.1 Å². The predicted molar refractivity (Wildman–Crippen MR) is 91.5 cm³/mol. The Labute approximate surface area is 135 Å². The summed E-state index contributed by atoms with van der Waals surface area (Å²) < 4.78 is 1.11. The molecule has 0 aliphatic heterocycles. The van der Waals surface area contributed by atoms with Crippen molar-refractivity contribution in [2.75, 3.05) is 5.32 Å². The summed E-state index contributed by atoms with van der Waals surface area (Å²) in [6.45, 7) is 0.734. The van der Waals surface area contributed by atoms with Gasteiger partial charge in [-0.1, -0.05) is 12.2 Å². The lowest BCUT2D eigenvalue weighted by Gasteiger charge is -2.12. The first-order chi connectivity index (χ1) is 9.63. The summed E-state index contributed by atoms with van der Waals surface area (Å²) in [6.07, 6.45) is 3.29. The fraction of sp³-hybridized carbons (Fsp3) is 0.286. The largest absolute Gasteiger partial charge is 0.389 e. The Balaban J connectivity index is 1.86. The van der Waals surface area contributed by atoms with E-state index >= 15 is 0 Å². The topological polar surface area (TPSA) is 50.9 Å². The molecule has 0 saturated carbocycles. The molecule has 0 amide bonds. The molecule has 0 radical (unpaired) electrons. The summed E-state index contributed by atoms with van der Waals surface area (Å²) in [7, 11) is 0. The van der Waals surface area contributed by atoms with Gasteiger partial charge in [0.2, 0.25) is 0 Å². The normalized spacial score (nSPS) is 13.2. The molecule has 3 rings (SSSR count). The van der Waals surface area contributed by atoms with Crippen molar-refractivity contribution in [3.05, 3.63) is 43.7 Å². The zero-order valence-electron chi connectivity index (χ0n) is 10.8. The van der Waals surface area contributed by atoms with Gasteiger partial charge in [0.1, 0.15) is 10.8 Å². The van der Waals surface area contributed by atoms with E-state index in [9.17, 15) is 0 Å². The van der Waals surface area contributed by atoms with Crippen molar-refractivity contribution in [3.63, 3.8) is 0 Å². The molecule has 0 saturated heterocycles. The highest BCUT2D eigenvalue weighted by Crippen LogP contribution is 2.26. The molecular formula is C14H14BrN3S2. The van der Waals surface area contributed by atoms with E-state index in [1.807, 2.05) is 0 Å². The first kappa shape index (κ1) is 14.0. The van der Waals surface area contributed by atoms with E-state index in [4.69, 9.17) is 22.9 Å². The second kappa shape index (κ2) is 5.79. The van der Waals surface area contributed by atoms with Crippen molar-refractivity contribution in [1.29, 1.82) is 0 Å². The molecular weight excluding hydrogens is 354 g/mol. The first-order valence-corrected chi connectivity index (χ1v) is 8.51. The van der Waals surface area contributed by atoms with Gasteiger partial charge in [0, 0.05) is 20.4 Å². The molecule has 3 N–H and O–H groups in total. The van der Waals surface area contributed by atoms with Gasteiger partial charge in [-0.2, -0.15) is 0 Å². The van der Waals surface area contributed by atoms with Crippen LogP contribution in [-0.2, 0) is 19.4 Å². The van der Waals surface area contributed by atoms with Crippen LogP contribution in [0, 0.1) is 0 Å². The van der Waals surface area contributed by atoms with Gasteiger partial charge in [0.15, 0.2) is 0 Å². The van der Waals surface area contributed by atoms with Crippen molar-refractivity contribution in [3.8, 4) is 0 Å². The van der Waals surface area contributed by atoms with Crippen LogP contribution >= 0.6 is 39.5 Å². The Morgan fingerprint density at radius 1 is 1.45 bits per heavy atom. The van der Waals surface area contributed by atoms with Crippen LogP contribution in [0.5, 0.6) is 0 Å². The van der Waals surface area contributed by atoms with Crippen LogP contribution in [0.1, 0.15) is 28.1 Å². The lowest BCUT2D eigenvalue weighted by Crippen LogP contribution is -2.15. The number of nitrogens with zero attached hydrogens (tertiary/aromatic N) is 1. The number of aryl methyl sites for hydroxylation is 2. The van der Waals surface area contributed by atoms with E-state index in [2.05, 4.69) is 38.8 Å². The molecule has 0 fully saturated rings. The van der Waals surface area contributed by atoms with E-state index in [0.29, 0.717) is 4.99 Å². The van der Waals surface area contributed by atoms with Gasteiger partial charge in [-0.3, -0.25) is 0 Å². The second-order valence-corrected chi connectivity index (χ2v) is 7.14. The van der Waals surface area contributed by atoms with Gasteiger partial charge in [0.25, 0.3) is 0 Å². The van der Waals surface area contributed by atoms with Crippen molar-refractivity contribution in [2.24, 2.45) is 5.73 Å². The standard InChI is InChI=1S/C14H14BrN3S2/c15-9-5-10(20-7-9)6-17-14-11(13(16)19)4-8-2-1-3-12(8)18-14/h4-5,7H,1-3,6H2,(H2,16,19)(H,17,18). The maximum absolute atomic E-state index is 5.83. The zero-order valence-corrected chi connectivity index (χ0v) is 14.0. The first-order valence-electron chi connectivity index (χ1n) is 6.43. The fourth-order valence-electron chi connectivity index (χ4n) is 2.41. The number of fused-ring (bicyclic) bond motifs is 1. The minimum atomic E-state index is 0.405. The molecule has 1 aliphatic rings. The van der Waals surface area contributed by atoms with Crippen molar-refractivity contribution in [2.45, 2.75) is 25.8 Å². The Morgan fingerprint density at radius 3 is 3.00 bits per heavy atom. The molecule has 6 heteroatoms. The van der Waals surface area contributed by atoms with Crippen LogP contribution in [0.3, 0.4) is 0 Å². The number of pyridine rings is 1. The van der Waals surface area contributed by atoms with E-state index in [-0.39, 0.29) is 0 Å². The number of hydrogen-bond donors (Lipinski definition) is 2. The number of rotatable bonds is 4. The van der Waals surface area contributed by atoms with Crippen LogP contribution in [-0.4, -0.2) is 9.97 Å². The summed E-state index contributed by atoms with van der Waals surface area (Å²) in [6, 6.07) is 4.20. The third-order valence-electron chi connectivity index (χ3n) is 3.37. The molecule has 3 nitrogen and oxygen atoms in total. The summed E-state index contributed by atoms with van der Waals surface area (Å²) in [5.74, 6) is 0.808. The third kappa shape index (κ3) is 2.87. The minimum absolute atomic E-state index is 0.405. The Hall–Kier alpha value is -0.980. The van der Waals surface area contributed by atoms with E-state index < -0.39 is 0 Å². The highest BCUT2D eigenvalue weighted by atomic mass is 79.9. The zero-order chi connectivity index (χ0) is 14.1. The maximum atomic E-state index is 5.83. The predicted octanol–water partition coefficient (Wildman–Crippen LogP) is 3.64. The number of hydrogen-bond acceptors (Lipinski definition) is 4. The van der Waals surface area contributed by atoms with Gasteiger partial charge >= 0.3 is 0 Å². The second-order valence-electron chi connectivity index (χ2n) is 4.79. The van der Waals surface area contributed by atoms with Gasteiger partial charge in [-0.25, -0.2) is 4.98 Å². The molecule has 0 atom stereocenters. The number of anilines is 1. The molecule has 2 aromatic heterocycles. The molecule has 0 spiro atoms. The third-order valence-corrected chi connectivity index (χ3v) is 5.29. The van der Waals surface area contributed by atoms with Crippen LogP contribution in [0.15, 0.2) is 22.0 Å². The number of nitrogens with two attached hydrogens (primary N) is 1. The summed E-state index contributed by atoms with van der Waals surface area (Å²) in [5.41, 5.74) is 9.16. The number of halogens is 1. The summed E-state index contributed by atoms with van der Waals surface area (Å²) in [5, 5.41) is 5.44. The summed E-state index contributed by atoms with van der Waals surface area (Å²) in [4.78, 5) is 6.36. The Bertz CT molecular complexity index is 666. The molecule has 104 valence electrons. The van der Waals surface area contributed by atoms with Crippen LogP contribution in [0.4, 0.5) is 5.82 Å². The van der Waals surface area contributed by atoms with Gasteiger partial charge in [0.05, 0.1) is 12.1 Å². The number of thiocarbonyl (C=S) groups is 1. The SMILES string of the molecule is NC(=S)c1cc2c(nc1NCc1cc(Br)cs1)CCC2. The highest BCUT2D eigenvalue weighted by molar-refractivity contribution is 9.10. The molecule has 20 heavy (non-hydrogen) atoms. The number of nitrogens with one attached hydrogen (secondary N) is 1. The quantitative estimate of drug-likeness (QED) is 0.809. The van der Waals surface area contributed by atoms with E-state index in [1.165, 1.54) is 22.6 Å². The monoisotopic (exact) mass is 367 g/mol. The fourth-order valence-corrected chi connectivity index (χ4v) is 3.96. The van der Waals surface area contributed by atoms with Gasteiger partial charge in [-0.15, -0.1) is 11.3 Å². The average molecular weight is 368 g/mol. The van der Waals surface area contributed by atoms with Crippen molar-refractivity contribution in [1.82, 2.24) is 4.98 Å². The number of thiophene rings is 1. The maximum Gasteiger partial charge on any atom is 0.136 e. The van der Waals surface area contributed by atoms with Crippen LogP contribution < -0.4 is 11.1 Å². The molecule has 0 aromatic carbocycles. The van der Waals surface area contributed by atoms with Crippen LogP contribution in [0.2, 0.25) is 0 Å². The molecule has 1 aliphatic carbocycles. The minimum Gasteiger partial charge on any atom is -0.389 e. The number of aromatic nitrogens is 1. The smallest absolute Gasteiger partial charge is 0.136 e. The van der Waals surface area contributed by atoms with Crippen molar-refractivity contribution < 1.29 is 0 Å². The lowest BCUT2D eigenvalue weighted by atomic mass is 10.1. The Kier molecular flexibility index (Phi) is 4.05. The lowest BCUT2D eigenvalue weighted by molar-refractivity contribution is 0.899. The van der Waals surface area contributed by atoms with E-state index in [0.717, 1.165) is 35.2 Å². The molecule has 2 heterocycles.